The highest BCUT2D eigenvalue weighted by Crippen LogP contribution is 2.23. The molecule has 8 nitrogen and oxygen atoms in total. The van der Waals surface area contributed by atoms with Crippen LogP contribution in [0, 0.1) is 15.9 Å². The largest absolute Gasteiger partial charge is 0.319 e. The van der Waals surface area contributed by atoms with Crippen LogP contribution < -0.4 is 10.9 Å². The smallest absolute Gasteiger partial charge is 0.292 e. The minimum Gasteiger partial charge on any atom is -0.319 e. The number of nitrogens with zero attached hydrogens (tertiary/aromatic N) is 3. The third kappa shape index (κ3) is 4.21. The van der Waals surface area contributed by atoms with Gasteiger partial charge in [0.2, 0.25) is 5.91 Å². The summed E-state index contributed by atoms with van der Waals surface area (Å²) in [7, 11) is 0. The van der Waals surface area contributed by atoms with E-state index in [1.807, 2.05) is 0 Å². The maximum absolute atomic E-state index is 13.0. The molecule has 1 heterocycles. The Hall–Kier alpha value is -3.88. The van der Waals surface area contributed by atoms with Gasteiger partial charge in [0, 0.05) is 17.7 Å². The van der Waals surface area contributed by atoms with Gasteiger partial charge in [-0.2, -0.15) is 0 Å². The number of hydrogen-bond acceptors (Lipinski definition) is 5. The molecule has 1 N–H and O–H groups in total. The molecule has 0 atom stereocenters. The van der Waals surface area contributed by atoms with Crippen LogP contribution in [0.5, 0.6) is 0 Å². The number of benzene rings is 2. The summed E-state index contributed by atoms with van der Waals surface area (Å²) in [6.07, 6.45) is 1.19. The van der Waals surface area contributed by atoms with Gasteiger partial charge in [-0.25, -0.2) is 9.37 Å². The molecule has 3 aromatic rings. The standard InChI is InChI=1S/C18H13FN4O4/c19-13-7-5-12(6-8-13)15-9-18(25)22(11-20-15)10-17(24)21-14-3-1-2-4-16(14)23(26)27/h1-9,11H,10H2,(H,21,24). The van der Waals surface area contributed by atoms with Crippen molar-refractivity contribution in [2.75, 3.05) is 5.32 Å². The molecule has 0 unspecified atom stereocenters. The Morgan fingerprint density at radius 3 is 2.56 bits per heavy atom. The molecule has 0 aliphatic carbocycles. The first kappa shape index (κ1) is 17.9. The predicted molar refractivity (Wildman–Crippen MR) is 95.6 cm³/mol. The summed E-state index contributed by atoms with van der Waals surface area (Å²) in [6.45, 7) is -0.360. The van der Waals surface area contributed by atoms with Crippen molar-refractivity contribution in [2.24, 2.45) is 0 Å². The van der Waals surface area contributed by atoms with E-state index in [1.54, 1.807) is 6.07 Å². The van der Waals surface area contributed by atoms with Crippen LogP contribution in [0.1, 0.15) is 0 Å². The Balaban J connectivity index is 1.76. The molecule has 0 bridgehead atoms. The van der Waals surface area contributed by atoms with Gasteiger partial charge in [-0.3, -0.25) is 24.3 Å². The van der Waals surface area contributed by atoms with Crippen LogP contribution in [-0.2, 0) is 11.3 Å². The fourth-order valence-electron chi connectivity index (χ4n) is 2.41. The Morgan fingerprint density at radius 1 is 1.19 bits per heavy atom. The molecule has 0 saturated heterocycles. The number of rotatable bonds is 5. The highest BCUT2D eigenvalue weighted by molar-refractivity contribution is 5.92. The number of carbonyl (C=O) groups is 1. The second-order valence-electron chi connectivity index (χ2n) is 5.57. The lowest BCUT2D eigenvalue weighted by Gasteiger charge is -2.08. The number of anilines is 1. The van der Waals surface area contributed by atoms with Gasteiger partial charge >= 0.3 is 0 Å². The summed E-state index contributed by atoms with van der Waals surface area (Å²) in [5.41, 5.74) is 0.210. The van der Waals surface area contributed by atoms with Crippen LogP contribution in [0.25, 0.3) is 11.3 Å². The van der Waals surface area contributed by atoms with Gasteiger partial charge in [0.1, 0.15) is 18.0 Å². The average Bonchev–Trinajstić information content (AvgIpc) is 2.64. The van der Waals surface area contributed by atoms with Crippen molar-refractivity contribution in [3.05, 3.63) is 87.2 Å². The topological polar surface area (TPSA) is 107 Å². The maximum Gasteiger partial charge on any atom is 0.292 e. The Labute approximate surface area is 152 Å². The van der Waals surface area contributed by atoms with Gasteiger partial charge in [0.25, 0.3) is 11.2 Å². The van der Waals surface area contributed by atoms with Crippen LogP contribution in [-0.4, -0.2) is 20.4 Å². The van der Waals surface area contributed by atoms with Crippen molar-refractivity contribution >= 4 is 17.3 Å². The zero-order valence-electron chi connectivity index (χ0n) is 13.8. The molecule has 0 radical (unpaired) electrons. The van der Waals surface area contributed by atoms with E-state index >= 15 is 0 Å². The number of nitrogens with one attached hydrogen (secondary N) is 1. The molecule has 136 valence electrons. The number of amides is 1. The second-order valence-corrected chi connectivity index (χ2v) is 5.57. The van der Waals surface area contributed by atoms with Crippen molar-refractivity contribution in [3.8, 4) is 11.3 Å². The molecular formula is C18H13FN4O4. The molecule has 9 heteroatoms. The van der Waals surface area contributed by atoms with E-state index in [9.17, 15) is 24.1 Å². The summed E-state index contributed by atoms with van der Waals surface area (Å²) in [6, 6.07) is 12.4. The summed E-state index contributed by atoms with van der Waals surface area (Å²) in [5.74, 6) is -1.01. The first-order valence-electron chi connectivity index (χ1n) is 7.80. The minimum atomic E-state index is -0.610. The molecule has 1 aromatic heterocycles. The van der Waals surface area contributed by atoms with Gasteiger partial charge in [-0.05, 0) is 30.3 Å². The Kier molecular flexibility index (Phi) is 5.02. The molecule has 2 aromatic carbocycles. The van der Waals surface area contributed by atoms with Gasteiger partial charge in [-0.15, -0.1) is 0 Å². The van der Waals surface area contributed by atoms with Crippen molar-refractivity contribution in [2.45, 2.75) is 6.54 Å². The molecule has 0 spiro atoms. The first-order chi connectivity index (χ1) is 12.9. The molecule has 0 aliphatic heterocycles. The van der Waals surface area contributed by atoms with Crippen molar-refractivity contribution < 1.29 is 14.1 Å². The summed E-state index contributed by atoms with van der Waals surface area (Å²) < 4.78 is 14.0. The number of halogens is 1. The average molecular weight is 368 g/mol. The molecule has 0 fully saturated rings. The summed E-state index contributed by atoms with van der Waals surface area (Å²) >= 11 is 0. The van der Waals surface area contributed by atoms with Gasteiger partial charge in [0.15, 0.2) is 0 Å². The van der Waals surface area contributed by atoms with Crippen molar-refractivity contribution in [1.82, 2.24) is 9.55 Å². The van der Waals surface area contributed by atoms with E-state index in [-0.39, 0.29) is 17.9 Å². The molecule has 0 saturated carbocycles. The molecule has 0 aliphatic rings. The van der Waals surface area contributed by atoms with E-state index in [0.717, 1.165) is 4.57 Å². The van der Waals surface area contributed by atoms with Crippen LogP contribution in [0.4, 0.5) is 15.8 Å². The third-order valence-electron chi connectivity index (χ3n) is 3.71. The van der Waals surface area contributed by atoms with E-state index < -0.39 is 22.2 Å². The number of carbonyl (C=O) groups excluding carboxylic acids is 1. The SMILES string of the molecule is O=C(Cn1cnc(-c2ccc(F)cc2)cc1=O)Nc1ccccc1[N+](=O)[O-]. The monoisotopic (exact) mass is 368 g/mol. The van der Waals surface area contributed by atoms with E-state index in [0.29, 0.717) is 11.3 Å². The quantitative estimate of drug-likeness (QED) is 0.550. The summed E-state index contributed by atoms with van der Waals surface area (Å²) in [4.78, 5) is 38.8. The predicted octanol–water partition coefficient (Wildman–Crippen LogP) is 2.60. The lowest BCUT2D eigenvalue weighted by atomic mass is 10.1. The third-order valence-corrected chi connectivity index (χ3v) is 3.71. The minimum absolute atomic E-state index is 0.0384. The van der Waals surface area contributed by atoms with Crippen molar-refractivity contribution in [1.29, 1.82) is 0 Å². The van der Waals surface area contributed by atoms with E-state index in [1.165, 1.54) is 54.9 Å². The van der Waals surface area contributed by atoms with Crippen LogP contribution >= 0.6 is 0 Å². The fourth-order valence-corrected chi connectivity index (χ4v) is 2.41. The zero-order chi connectivity index (χ0) is 19.4. The highest BCUT2D eigenvalue weighted by atomic mass is 19.1. The fraction of sp³-hybridized carbons (Fsp3) is 0.0556. The van der Waals surface area contributed by atoms with Gasteiger partial charge in [0.05, 0.1) is 16.9 Å². The summed E-state index contributed by atoms with van der Waals surface area (Å²) in [5, 5.41) is 13.4. The van der Waals surface area contributed by atoms with E-state index in [2.05, 4.69) is 10.3 Å². The number of hydrogen-bond donors (Lipinski definition) is 1. The second kappa shape index (κ2) is 7.56. The van der Waals surface area contributed by atoms with Crippen LogP contribution in [0.3, 0.4) is 0 Å². The molecular weight excluding hydrogens is 355 g/mol. The van der Waals surface area contributed by atoms with Gasteiger partial charge in [-0.1, -0.05) is 12.1 Å². The normalized spacial score (nSPS) is 10.4. The molecule has 27 heavy (non-hydrogen) atoms. The maximum atomic E-state index is 13.0. The highest BCUT2D eigenvalue weighted by Gasteiger charge is 2.15. The lowest BCUT2D eigenvalue weighted by molar-refractivity contribution is -0.383. The van der Waals surface area contributed by atoms with Crippen LogP contribution in [0.15, 0.2) is 65.7 Å². The number of para-hydroxylation sites is 2. The molecule has 3 rings (SSSR count). The van der Waals surface area contributed by atoms with Crippen LogP contribution in [0.2, 0.25) is 0 Å². The first-order valence-corrected chi connectivity index (χ1v) is 7.80. The Morgan fingerprint density at radius 2 is 1.89 bits per heavy atom. The number of nitro groups is 1. The molecule has 1 amide bonds. The lowest BCUT2D eigenvalue weighted by Crippen LogP contribution is -2.27. The van der Waals surface area contributed by atoms with Gasteiger partial charge < -0.3 is 5.32 Å². The number of aromatic nitrogens is 2. The van der Waals surface area contributed by atoms with E-state index in [4.69, 9.17) is 0 Å². The number of nitro benzene ring substituents is 1. The Bertz CT molecular complexity index is 1060. The zero-order valence-corrected chi connectivity index (χ0v) is 13.8. The van der Waals surface area contributed by atoms with Crippen molar-refractivity contribution in [3.63, 3.8) is 0 Å².